The number of carbonyl (C=O) groups excluding carboxylic acids is 1. The van der Waals surface area contributed by atoms with Crippen LogP contribution in [-0.4, -0.2) is 26.1 Å². The van der Waals surface area contributed by atoms with Gasteiger partial charge in [0, 0.05) is 18.8 Å². The topological polar surface area (TPSA) is 83.6 Å². The lowest BCUT2D eigenvalue weighted by Crippen LogP contribution is -2.12. The second-order valence-corrected chi connectivity index (χ2v) is 6.72. The summed E-state index contributed by atoms with van der Waals surface area (Å²) in [6, 6.07) is 7.85. The molecular weight excluding hydrogens is 322 g/mol. The van der Waals surface area contributed by atoms with Crippen molar-refractivity contribution in [1.29, 1.82) is 0 Å². The van der Waals surface area contributed by atoms with Crippen molar-refractivity contribution in [3.8, 4) is 0 Å². The van der Waals surface area contributed by atoms with Crippen LogP contribution in [-0.2, 0) is 11.2 Å². The van der Waals surface area contributed by atoms with E-state index in [0.29, 0.717) is 23.9 Å². The van der Waals surface area contributed by atoms with Crippen molar-refractivity contribution in [3.63, 3.8) is 0 Å². The van der Waals surface area contributed by atoms with Crippen LogP contribution in [0.1, 0.15) is 49.9 Å². The van der Waals surface area contributed by atoms with E-state index < -0.39 is 0 Å². The van der Waals surface area contributed by atoms with Crippen LogP contribution in [0.5, 0.6) is 0 Å². The number of rotatable bonds is 7. The van der Waals surface area contributed by atoms with Gasteiger partial charge in [-0.05, 0) is 25.0 Å². The van der Waals surface area contributed by atoms with Gasteiger partial charge in [-0.15, -0.1) is 10.2 Å². The Morgan fingerprint density at radius 2 is 2.04 bits per heavy atom. The first kappa shape index (κ1) is 16.6. The number of nitrogens with zero attached hydrogens (tertiary/aromatic N) is 3. The van der Waals surface area contributed by atoms with Gasteiger partial charge in [0.2, 0.25) is 11.0 Å². The molecule has 3 aromatic rings. The minimum atomic E-state index is -0.0669. The number of H-pyrrole nitrogens is 1. The molecule has 3 rings (SSSR count). The number of aromatic amines is 1. The Kier molecular flexibility index (Phi) is 5.20. The Labute approximate surface area is 144 Å². The largest absolute Gasteiger partial charge is 0.342 e. The number of aromatic nitrogens is 4. The van der Waals surface area contributed by atoms with Crippen molar-refractivity contribution in [3.05, 3.63) is 35.1 Å². The highest BCUT2D eigenvalue weighted by molar-refractivity contribution is 7.15. The van der Waals surface area contributed by atoms with Crippen LogP contribution in [0.4, 0.5) is 5.13 Å². The van der Waals surface area contributed by atoms with Gasteiger partial charge in [0.1, 0.15) is 10.8 Å². The van der Waals surface area contributed by atoms with Gasteiger partial charge < -0.3 is 10.3 Å². The maximum Gasteiger partial charge on any atom is 0.226 e. The van der Waals surface area contributed by atoms with E-state index in [1.807, 2.05) is 24.3 Å². The first-order valence-electron chi connectivity index (χ1n) is 8.26. The van der Waals surface area contributed by atoms with Gasteiger partial charge in [-0.2, -0.15) is 0 Å². The fourth-order valence-electron chi connectivity index (χ4n) is 2.63. The van der Waals surface area contributed by atoms with Crippen LogP contribution in [0.3, 0.4) is 0 Å². The van der Waals surface area contributed by atoms with Gasteiger partial charge in [0.05, 0.1) is 11.0 Å². The summed E-state index contributed by atoms with van der Waals surface area (Å²) >= 11 is 1.47. The highest BCUT2D eigenvalue weighted by atomic mass is 32.1. The molecule has 126 valence electrons. The third-order valence-electron chi connectivity index (χ3n) is 4.05. The molecule has 24 heavy (non-hydrogen) atoms. The van der Waals surface area contributed by atoms with E-state index in [1.54, 1.807) is 0 Å². The third kappa shape index (κ3) is 3.79. The fraction of sp³-hybridized carbons (Fsp3) is 0.412. The van der Waals surface area contributed by atoms with Gasteiger partial charge in [-0.1, -0.05) is 37.3 Å². The number of amides is 1. The lowest BCUT2D eigenvalue weighted by atomic mass is 10.1. The molecule has 2 heterocycles. The van der Waals surface area contributed by atoms with Crippen LogP contribution in [0, 0.1) is 0 Å². The minimum Gasteiger partial charge on any atom is -0.342 e. The minimum absolute atomic E-state index is 0.0669. The number of para-hydroxylation sites is 2. The SMILES string of the molecule is CCC(CC)c1nnc(NC(=O)CCc2nc3ccccc3[nH]2)s1. The summed E-state index contributed by atoms with van der Waals surface area (Å²) in [5, 5.41) is 12.7. The fourth-order valence-corrected chi connectivity index (χ4v) is 3.65. The molecule has 0 radical (unpaired) electrons. The maximum atomic E-state index is 12.1. The van der Waals surface area contributed by atoms with Crippen LogP contribution in [0.15, 0.2) is 24.3 Å². The van der Waals surface area contributed by atoms with E-state index in [1.165, 1.54) is 11.3 Å². The van der Waals surface area contributed by atoms with Gasteiger partial charge in [0.15, 0.2) is 0 Å². The molecule has 2 N–H and O–H groups in total. The highest BCUT2D eigenvalue weighted by Crippen LogP contribution is 2.28. The summed E-state index contributed by atoms with van der Waals surface area (Å²) in [7, 11) is 0. The number of hydrogen-bond acceptors (Lipinski definition) is 5. The van der Waals surface area contributed by atoms with Crippen molar-refractivity contribution in [2.24, 2.45) is 0 Å². The molecule has 0 spiro atoms. The molecule has 6 nitrogen and oxygen atoms in total. The number of benzene rings is 1. The highest BCUT2D eigenvalue weighted by Gasteiger charge is 2.14. The molecule has 0 unspecified atom stereocenters. The van der Waals surface area contributed by atoms with Crippen LogP contribution in [0.25, 0.3) is 11.0 Å². The predicted octanol–water partition coefficient (Wildman–Crippen LogP) is 3.89. The number of imidazole rings is 1. The van der Waals surface area contributed by atoms with E-state index in [-0.39, 0.29) is 5.91 Å². The number of fused-ring (bicyclic) bond motifs is 1. The average molecular weight is 343 g/mol. The zero-order valence-electron chi connectivity index (χ0n) is 13.9. The Balaban J connectivity index is 1.55. The molecule has 0 saturated heterocycles. The Morgan fingerprint density at radius 1 is 1.25 bits per heavy atom. The molecule has 0 bridgehead atoms. The summed E-state index contributed by atoms with van der Waals surface area (Å²) in [6.07, 6.45) is 2.99. The molecule has 0 saturated carbocycles. The smallest absolute Gasteiger partial charge is 0.226 e. The van der Waals surface area contributed by atoms with Crippen molar-refractivity contribution in [2.75, 3.05) is 5.32 Å². The number of hydrogen-bond donors (Lipinski definition) is 2. The van der Waals surface area contributed by atoms with Crippen molar-refractivity contribution >= 4 is 33.4 Å². The van der Waals surface area contributed by atoms with Crippen LogP contribution in [0.2, 0.25) is 0 Å². The summed E-state index contributed by atoms with van der Waals surface area (Å²) < 4.78 is 0. The number of carbonyl (C=O) groups is 1. The second-order valence-electron chi connectivity index (χ2n) is 5.71. The monoisotopic (exact) mass is 343 g/mol. The quantitative estimate of drug-likeness (QED) is 0.682. The van der Waals surface area contributed by atoms with E-state index in [9.17, 15) is 4.79 Å². The molecule has 0 fully saturated rings. The Morgan fingerprint density at radius 3 is 2.79 bits per heavy atom. The molecule has 2 aromatic heterocycles. The van der Waals surface area contributed by atoms with E-state index in [2.05, 4.69) is 39.3 Å². The third-order valence-corrected chi connectivity index (χ3v) is 5.05. The lowest BCUT2D eigenvalue weighted by molar-refractivity contribution is -0.116. The second kappa shape index (κ2) is 7.53. The summed E-state index contributed by atoms with van der Waals surface area (Å²) in [5.74, 6) is 1.17. The van der Waals surface area contributed by atoms with Gasteiger partial charge in [-0.3, -0.25) is 4.79 Å². The Hall–Kier alpha value is -2.28. The standard InChI is InChI=1S/C17H21N5OS/c1-3-11(4-2)16-21-22-17(24-16)20-15(23)10-9-14-18-12-7-5-6-8-13(12)19-14/h5-8,11H,3-4,9-10H2,1-2H3,(H,18,19)(H,20,22,23). The van der Waals surface area contributed by atoms with Crippen molar-refractivity contribution < 1.29 is 4.79 Å². The first-order valence-corrected chi connectivity index (χ1v) is 9.08. The number of nitrogens with one attached hydrogen (secondary N) is 2. The summed E-state index contributed by atoms with van der Waals surface area (Å²) in [4.78, 5) is 19.8. The van der Waals surface area contributed by atoms with E-state index in [4.69, 9.17) is 0 Å². The van der Waals surface area contributed by atoms with Gasteiger partial charge in [0.25, 0.3) is 0 Å². The van der Waals surface area contributed by atoms with E-state index >= 15 is 0 Å². The normalized spacial score (nSPS) is 11.3. The first-order chi connectivity index (χ1) is 11.7. The van der Waals surface area contributed by atoms with Gasteiger partial charge >= 0.3 is 0 Å². The predicted molar refractivity (Wildman–Crippen MR) is 96.3 cm³/mol. The number of aryl methyl sites for hydroxylation is 1. The molecular formula is C17H21N5OS. The summed E-state index contributed by atoms with van der Waals surface area (Å²) in [6.45, 7) is 4.28. The van der Waals surface area contributed by atoms with Crippen molar-refractivity contribution in [1.82, 2.24) is 20.2 Å². The zero-order chi connectivity index (χ0) is 16.9. The average Bonchev–Trinajstić information content (AvgIpc) is 3.20. The molecule has 0 aliphatic carbocycles. The molecule has 7 heteroatoms. The van der Waals surface area contributed by atoms with Gasteiger partial charge in [-0.25, -0.2) is 4.98 Å². The molecule has 0 atom stereocenters. The van der Waals surface area contributed by atoms with Crippen molar-refractivity contribution in [2.45, 2.75) is 45.4 Å². The maximum absolute atomic E-state index is 12.1. The molecule has 0 aliphatic heterocycles. The molecule has 1 aromatic carbocycles. The summed E-state index contributed by atoms with van der Waals surface area (Å²) in [5.41, 5.74) is 1.92. The number of anilines is 1. The van der Waals surface area contributed by atoms with E-state index in [0.717, 1.165) is 34.7 Å². The lowest BCUT2D eigenvalue weighted by Gasteiger charge is -2.05. The zero-order valence-corrected chi connectivity index (χ0v) is 14.7. The van der Waals surface area contributed by atoms with Crippen LogP contribution >= 0.6 is 11.3 Å². The Bertz CT molecular complexity index is 788. The van der Waals surface area contributed by atoms with Crippen LogP contribution < -0.4 is 5.32 Å². The molecule has 1 amide bonds. The molecule has 0 aliphatic rings.